The van der Waals surface area contributed by atoms with E-state index in [-0.39, 0.29) is 22.9 Å². The summed E-state index contributed by atoms with van der Waals surface area (Å²) in [5.74, 6) is 0.198. The Morgan fingerprint density at radius 2 is 2.33 bits per heavy atom. The molecule has 15 heavy (non-hydrogen) atoms. The largest absolute Gasteiger partial charge is 0.379 e. The zero-order chi connectivity index (χ0) is 10.8. The molecule has 5 heteroatoms. The minimum Gasteiger partial charge on any atom is -0.379 e. The minimum atomic E-state index is -0.00199. The summed E-state index contributed by atoms with van der Waals surface area (Å²) in [6, 6.07) is 0.193. The van der Waals surface area contributed by atoms with Crippen LogP contribution in [0.4, 0.5) is 0 Å². The monoisotopic (exact) mass is 277 g/mol. The van der Waals surface area contributed by atoms with Gasteiger partial charge in [0.2, 0.25) is 5.91 Å². The maximum Gasteiger partial charge on any atom is 0.236 e. The van der Waals surface area contributed by atoms with Crippen molar-refractivity contribution in [2.45, 2.75) is 29.8 Å². The minimum absolute atomic E-state index is 0.00199. The van der Waals surface area contributed by atoms with E-state index >= 15 is 0 Å². The van der Waals surface area contributed by atoms with Gasteiger partial charge in [-0.3, -0.25) is 4.79 Å². The van der Waals surface area contributed by atoms with E-state index in [1.165, 1.54) is 0 Å². The first-order chi connectivity index (χ1) is 7.24. The number of amides is 1. The number of carbonyl (C=O) groups is 1. The molecule has 0 radical (unpaired) electrons. The van der Waals surface area contributed by atoms with Crippen LogP contribution in [0.2, 0.25) is 0 Å². The van der Waals surface area contributed by atoms with E-state index in [1.54, 1.807) is 7.11 Å². The highest BCUT2D eigenvalue weighted by Crippen LogP contribution is 2.26. The molecule has 0 aromatic heterocycles. The smallest absolute Gasteiger partial charge is 0.236 e. The highest BCUT2D eigenvalue weighted by Gasteiger charge is 2.39. The van der Waals surface area contributed by atoms with Crippen molar-refractivity contribution in [1.29, 1.82) is 0 Å². The fraction of sp³-hybridized carbons (Fsp3) is 0.900. The van der Waals surface area contributed by atoms with Crippen LogP contribution in [0.3, 0.4) is 0 Å². The molecule has 0 N–H and O–H groups in total. The highest BCUT2D eigenvalue weighted by molar-refractivity contribution is 9.10. The number of hydrogen-bond donors (Lipinski definition) is 0. The van der Waals surface area contributed by atoms with Crippen LogP contribution in [0, 0.1) is 0 Å². The molecule has 0 aliphatic carbocycles. The zero-order valence-electron chi connectivity index (χ0n) is 8.82. The summed E-state index contributed by atoms with van der Waals surface area (Å²) >= 11 is 3.39. The second kappa shape index (κ2) is 4.80. The molecule has 2 rings (SSSR count). The first-order valence-electron chi connectivity index (χ1n) is 5.29. The number of alkyl halides is 1. The van der Waals surface area contributed by atoms with Crippen LogP contribution < -0.4 is 0 Å². The average molecular weight is 278 g/mol. The average Bonchev–Trinajstić information content (AvgIpc) is 2.60. The molecule has 2 aliphatic heterocycles. The molecule has 0 bridgehead atoms. The van der Waals surface area contributed by atoms with Crippen molar-refractivity contribution >= 4 is 21.8 Å². The van der Waals surface area contributed by atoms with E-state index in [4.69, 9.17) is 9.47 Å². The standard InChI is InChI=1S/C10H16BrNO3/c1-14-9-6-15-5-3-8(9)12-4-2-7(11)10(12)13/h7-9H,2-6H2,1H3. The second-order valence-corrected chi connectivity index (χ2v) is 5.10. The summed E-state index contributed by atoms with van der Waals surface area (Å²) in [5, 5.41) is 0. The molecule has 3 atom stereocenters. The van der Waals surface area contributed by atoms with Crippen molar-refractivity contribution < 1.29 is 14.3 Å². The molecule has 0 spiro atoms. The van der Waals surface area contributed by atoms with Crippen LogP contribution in [-0.4, -0.2) is 54.6 Å². The Morgan fingerprint density at radius 1 is 1.53 bits per heavy atom. The molecule has 86 valence electrons. The predicted octanol–water partition coefficient (Wildman–Crippen LogP) is 0.786. The van der Waals surface area contributed by atoms with Gasteiger partial charge in [0.15, 0.2) is 0 Å². The van der Waals surface area contributed by atoms with E-state index in [0.717, 1.165) is 26.0 Å². The molecule has 0 aromatic rings. The molecule has 2 saturated heterocycles. The van der Waals surface area contributed by atoms with Gasteiger partial charge in [0, 0.05) is 20.3 Å². The fourth-order valence-electron chi connectivity index (χ4n) is 2.28. The Kier molecular flexibility index (Phi) is 3.64. The van der Waals surface area contributed by atoms with Crippen molar-refractivity contribution in [1.82, 2.24) is 4.90 Å². The second-order valence-electron chi connectivity index (χ2n) is 3.99. The van der Waals surface area contributed by atoms with Gasteiger partial charge < -0.3 is 14.4 Å². The number of likely N-dealkylation sites (tertiary alicyclic amines) is 1. The Hall–Kier alpha value is -0.130. The molecule has 1 amide bonds. The van der Waals surface area contributed by atoms with Gasteiger partial charge in [0.05, 0.1) is 17.5 Å². The van der Waals surface area contributed by atoms with Crippen LogP contribution >= 0.6 is 15.9 Å². The number of ether oxygens (including phenoxy) is 2. The van der Waals surface area contributed by atoms with Crippen LogP contribution in [0.25, 0.3) is 0 Å². The van der Waals surface area contributed by atoms with E-state index < -0.39 is 0 Å². The van der Waals surface area contributed by atoms with E-state index in [2.05, 4.69) is 15.9 Å². The Balaban J connectivity index is 2.04. The fourth-order valence-corrected chi connectivity index (χ4v) is 2.75. The molecule has 3 unspecified atom stereocenters. The molecule has 0 aromatic carbocycles. The number of rotatable bonds is 2. The molecule has 2 heterocycles. The van der Waals surface area contributed by atoms with Crippen molar-refractivity contribution in [2.24, 2.45) is 0 Å². The zero-order valence-corrected chi connectivity index (χ0v) is 10.4. The van der Waals surface area contributed by atoms with Gasteiger partial charge in [-0.25, -0.2) is 0 Å². The number of halogens is 1. The van der Waals surface area contributed by atoms with Gasteiger partial charge in [0.1, 0.15) is 6.10 Å². The summed E-state index contributed by atoms with van der Waals surface area (Å²) in [4.78, 5) is 13.8. The number of carbonyl (C=O) groups excluding carboxylic acids is 1. The van der Waals surface area contributed by atoms with Gasteiger partial charge in [-0.2, -0.15) is 0 Å². The Bertz CT molecular complexity index is 249. The van der Waals surface area contributed by atoms with Crippen molar-refractivity contribution in [3.8, 4) is 0 Å². The SMILES string of the molecule is COC1COCCC1N1CCC(Br)C1=O. The van der Waals surface area contributed by atoms with E-state index in [9.17, 15) is 4.79 Å². The van der Waals surface area contributed by atoms with Gasteiger partial charge in [-0.05, 0) is 12.8 Å². The quantitative estimate of drug-likeness (QED) is 0.701. The summed E-state index contributed by atoms with van der Waals surface area (Å²) in [6.07, 6.45) is 1.80. The number of nitrogens with zero attached hydrogens (tertiary/aromatic N) is 1. The summed E-state index contributed by atoms with van der Waals surface area (Å²) in [5.41, 5.74) is 0. The molecule has 2 fully saturated rings. The lowest BCUT2D eigenvalue weighted by Crippen LogP contribution is -2.50. The lowest BCUT2D eigenvalue weighted by atomic mass is 10.0. The van der Waals surface area contributed by atoms with E-state index in [0.29, 0.717) is 6.61 Å². The summed E-state index contributed by atoms with van der Waals surface area (Å²) in [7, 11) is 1.68. The van der Waals surface area contributed by atoms with E-state index in [1.807, 2.05) is 4.90 Å². The normalized spacial score (nSPS) is 37.3. The van der Waals surface area contributed by atoms with Crippen LogP contribution in [-0.2, 0) is 14.3 Å². The summed E-state index contributed by atoms with van der Waals surface area (Å²) in [6.45, 7) is 2.15. The van der Waals surface area contributed by atoms with Gasteiger partial charge in [-0.15, -0.1) is 0 Å². The first-order valence-corrected chi connectivity index (χ1v) is 6.20. The lowest BCUT2D eigenvalue weighted by Gasteiger charge is -2.36. The molecule has 0 saturated carbocycles. The van der Waals surface area contributed by atoms with Crippen molar-refractivity contribution in [3.63, 3.8) is 0 Å². The van der Waals surface area contributed by atoms with Gasteiger partial charge >= 0.3 is 0 Å². The number of hydrogen-bond acceptors (Lipinski definition) is 3. The van der Waals surface area contributed by atoms with Crippen LogP contribution in [0.5, 0.6) is 0 Å². The van der Waals surface area contributed by atoms with Gasteiger partial charge in [-0.1, -0.05) is 15.9 Å². The summed E-state index contributed by atoms with van der Waals surface area (Å²) < 4.78 is 10.7. The molecular formula is C10H16BrNO3. The third-order valence-electron chi connectivity index (χ3n) is 3.15. The topological polar surface area (TPSA) is 38.8 Å². The number of methoxy groups -OCH3 is 1. The highest BCUT2D eigenvalue weighted by atomic mass is 79.9. The van der Waals surface area contributed by atoms with Crippen LogP contribution in [0.15, 0.2) is 0 Å². The van der Waals surface area contributed by atoms with Crippen molar-refractivity contribution in [2.75, 3.05) is 26.9 Å². The molecule has 4 nitrogen and oxygen atoms in total. The Labute approximate surface area is 98.0 Å². The van der Waals surface area contributed by atoms with Crippen LogP contribution in [0.1, 0.15) is 12.8 Å². The predicted molar refractivity (Wildman–Crippen MR) is 59.1 cm³/mol. The van der Waals surface area contributed by atoms with Gasteiger partial charge in [0.25, 0.3) is 0 Å². The third-order valence-corrected chi connectivity index (χ3v) is 4.00. The maximum atomic E-state index is 11.8. The lowest BCUT2D eigenvalue weighted by molar-refractivity contribution is -0.138. The Morgan fingerprint density at radius 3 is 2.93 bits per heavy atom. The maximum absolute atomic E-state index is 11.8. The molecule has 2 aliphatic rings. The third kappa shape index (κ3) is 2.19. The first kappa shape index (κ1) is 11.4. The molecular weight excluding hydrogens is 262 g/mol. The van der Waals surface area contributed by atoms with Crippen molar-refractivity contribution in [3.05, 3.63) is 0 Å².